The van der Waals surface area contributed by atoms with Crippen molar-refractivity contribution in [2.24, 2.45) is 0 Å². The lowest BCUT2D eigenvalue weighted by Crippen LogP contribution is -2.04. The Bertz CT molecular complexity index is 855. The smallest absolute Gasteiger partial charge is 0.295 e. The third kappa shape index (κ3) is 3.24. The monoisotopic (exact) mass is 324 g/mol. The van der Waals surface area contributed by atoms with Gasteiger partial charge in [-0.15, -0.1) is 0 Å². The number of anilines is 1. The van der Waals surface area contributed by atoms with Gasteiger partial charge in [-0.25, -0.2) is 9.97 Å². The SMILES string of the molecule is Cc1nc(CNc2ccc([N+](=O)[O-])c(-c3ccccc3)n2)oc1C. The second-order valence-electron chi connectivity index (χ2n) is 5.29. The lowest BCUT2D eigenvalue weighted by atomic mass is 10.1. The molecule has 0 saturated carbocycles. The summed E-state index contributed by atoms with van der Waals surface area (Å²) in [6, 6.07) is 12.1. The summed E-state index contributed by atoms with van der Waals surface area (Å²) < 4.78 is 5.50. The van der Waals surface area contributed by atoms with Crippen LogP contribution in [0.4, 0.5) is 11.5 Å². The van der Waals surface area contributed by atoms with Gasteiger partial charge >= 0.3 is 0 Å². The van der Waals surface area contributed by atoms with Crippen molar-refractivity contribution in [3.63, 3.8) is 0 Å². The first-order valence-corrected chi connectivity index (χ1v) is 7.42. The quantitative estimate of drug-likeness (QED) is 0.565. The van der Waals surface area contributed by atoms with E-state index in [1.807, 2.05) is 32.0 Å². The number of aryl methyl sites for hydroxylation is 2. The average molecular weight is 324 g/mol. The van der Waals surface area contributed by atoms with Crippen LogP contribution in [-0.4, -0.2) is 14.9 Å². The molecule has 122 valence electrons. The summed E-state index contributed by atoms with van der Waals surface area (Å²) in [7, 11) is 0. The lowest BCUT2D eigenvalue weighted by Gasteiger charge is -2.07. The standard InChI is InChI=1S/C17H16N4O3/c1-11-12(2)24-16(19-11)10-18-15-9-8-14(21(22)23)17(20-15)13-6-4-3-5-7-13/h3-9H,10H2,1-2H3,(H,18,20). The predicted octanol–water partition coefficient (Wildman–Crippen LogP) is 3.87. The summed E-state index contributed by atoms with van der Waals surface area (Å²) in [5, 5.41) is 14.3. The molecule has 0 aliphatic rings. The molecule has 0 bridgehead atoms. The Morgan fingerprint density at radius 1 is 1.12 bits per heavy atom. The van der Waals surface area contributed by atoms with Crippen molar-refractivity contribution >= 4 is 11.5 Å². The molecule has 0 unspecified atom stereocenters. The molecule has 0 fully saturated rings. The molecule has 0 amide bonds. The van der Waals surface area contributed by atoms with Crippen molar-refractivity contribution in [3.8, 4) is 11.3 Å². The summed E-state index contributed by atoms with van der Waals surface area (Å²) >= 11 is 0. The summed E-state index contributed by atoms with van der Waals surface area (Å²) in [5.74, 6) is 1.84. The maximum atomic E-state index is 11.2. The highest BCUT2D eigenvalue weighted by molar-refractivity contribution is 5.71. The highest BCUT2D eigenvalue weighted by Gasteiger charge is 2.17. The van der Waals surface area contributed by atoms with Crippen LogP contribution in [0.3, 0.4) is 0 Å². The van der Waals surface area contributed by atoms with E-state index in [1.54, 1.807) is 18.2 Å². The van der Waals surface area contributed by atoms with Crippen LogP contribution < -0.4 is 5.32 Å². The van der Waals surface area contributed by atoms with Crippen LogP contribution in [0.2, 0.25) is 0 Å². The van der Waals surface area contributed by atoms with E-state index >= 15 is 0 Å². The Labute approximate surface area is 138 Å². The molecule has 0 radical (unpaired) electrons. The zero-order chi connectivity index (χ0) is 17.1. The fourth-order valence-corrected chi connectivity index (χ4v) is 2.29. The Morgan fingerprint density at radius 3 is 2.50 bits per heavy atom. The van der Waals surface area contributed by atoms with E-state index in [-0.39, 0.29) is 5.69 Å². The Morgan fingerprint density at radius 2 is 1.88 bits per heavy atom. The molecule has 3 aromatic rings. The maximum absolute atomic E-state index is 11.2. The number of aromatic nitrogens is 2. The fourth-order valence-electron chi connectivity index (χ4n) is 2.29. The normalized spacial score (nSPS) is 10.6. The van der Waals surface area contributed by atoms with Gasteiger partial charge < -0.3 is 9.73 Å². The van der Waals surface area contributed by atoms with E-state index in [4.69, 9.17) is 4.42 Å². The second kappa shape index (κ2) is 6.49. The third-order valence-electron chi connectivity index (χ3n) is 3.61. The molecule has 7 heteroatoms. The molecular formula is C17H16N4O3. The minimum absolute atomic E-state index is 0.0328. The van der Waals surface area contributed by atoms with E-state index in [0.29, 0.717) is 29.5 Å². The number of hydrogen-bond donors (Lipinski definition) is 1. The Kier molecular flexibility index (Phi) is 4.24. The first-order chi connectivity index (χ1) is 11.5. The zero-order valence-electron chi connectivity index (χ0n) is 13.3. The molecule has 0 atom stereocenters. The third-order valence-corrected chi connectivity index (χ3v) is 3.61. The van der Waals surface area contributed by atoms with Gasteiger partial charge in [0.15, 0.2) is 5.69 Å². The van der Waals surface area contributed by atoms with Crippen LogP contribution in [0.25, 0.3) is 11.3 Å². The minimum atomic E-state index is -0.431. The van der Waals surface area contributed by atoms with Gasteiger partial charge in [-0.2, -0.15) is 0 Å². The van der Waals surface area contributed by atoms with Crippen molar-refractivity contribution in [3.05, 3.63) is 69.9 Å². The van der Waals surface area contributed by atoms with Crippen LogP contribution in [0, 0.1) is 24.0 Å². The van der Waals surface area contributed by atoms with Crippen molar-refractivity contribution in [1.29, 1.82) is 0 Å². The van der Waals surface area contributed by atoms with Crippen molar-refractivity contribution in [2.45, 2.75) is 20.4 Å². The molecule has 7 nitrogen and oxygen atoms in total. The van der Waals surface area contributed by atoms with E-state index in [2.05, 4.69) is 15.3 Å². The van der Waals surface area contributed by atoms with Gasteiger partial charge in [0.25, 0.3) is 5.69 Å². The summed E-state index contributed by atoms with van der Waals surface area (Å²) in [5.41, 5.74) is 1.82. The summed E-state index contributed by atoms with van der Waals surface area (Å²) in [4.78, 5) is 19.5. The van der Waals surface area contributed by atoms with E-state index in [9.17, 15) is 10.1 Å². The Hall–Kier alpha value is -3.22. The van der Waals surface area contributed by atoms with Crippen molar-refractivity contribution in [1.82, 2.24) is 9.97 Å². The van der Waals surface area contributed by atoms with Crippen LogP contribution >= 0.6 is 0 Å². The highest BCUT2D eigenvalue weighted by atomic mass is 16.6. The van der Waals surface area contributed by atoms with Crippen LogP contribution in [-0.2, 0) is 6.54 Å². The van der Waals surface area contributed by atoms with Gasteiger partial charge in [0.2, 0.25) is 5.89 Å². The molecule has 0 spiro atoms. The molecule has 3 rings (SSSR count). The second-order valence-corrected chi connectivity index (χ2v) is 5.29. The number of benzene rings is 1. The van der Waals surface area contributed by atoms with E-state index in [0.717, 1.165) is 11.5 Å². The molecule has 0 saturated heterocycles. The summed E-state index contributed by atoms with van der Waals surface area (Å²) in [6.45, 7) is 4.08. The summed E-state index contributed by atoms with van der Waals surface area (Å²) in [6.07, 6.45) is 0. The average Bonchev–Trinajstić information content (AvgIpc) is 2.91. The number of pyridine rings is 1. The molecular weight excluding hydrogens is 308 g/mol. The minimum Gasteiger partial charge on any atom is -0.444 e. The number of oxazole rings is 1. The van der Waals surface area contributed by atoms with E-state index in [1.165, 1.54) is 6.07 Å². The molecule has 2 aromatic heterocycles. The molecule has 0 aliphatic carbocycles. The maximum Gasteiger partial charge on any atom is 0.295 e. The number of nitro groups is 1. The van der Waals surface area contributed by atoms with Gasteiger partial charge in [-0.3, -0.25) is 10.1 Å². The van der Waals surface area contributed by atoms with Crippen molar-refractivity contribution < 1.29 is 9.34 Å². The van der Waals surface area contributed by atoms with Gasteiger partial charge in [0.05, 0.1) is 17.2 Å². The molecule has 0 aliphatic heterocycles. The van der Waals surface area contributed by atoms with E-state index < -0.39 is 4.92 Å². The zero-order valence-corrected chi connectivity index (χ0v) is 13.3. The van der Waals surface area contributed by atoms with Gasteiger partial charge in [-0.05, 0) is 19.9 Å². The number of rotatable bonds is 5. The molecule has 24 heavy (non-hydrogen) atoms. The molecule has 1 aromatic carbocycles. The Balaban J connectivity index is 1.88. The van der Waals surface area contributed by atoms with Crippen LogP contribution in [0.15, 0.2) is 46.9 Å². The topological polar surface area (TPSA) is 94.1 Å². The van der Waals surface area contributed by atoms with Crippen molar-refractivity contribution in [2.75, 3.05) is 5.32 Å². The first-order valence-electron chi connectivity index (χ1n) is 7.42. The largest absolute Gasteiger partial charge is 0.444 e. The van der Waals surface area contributed by atoms with Crippen LogP contribution in [0.5, 0.6) is 0 Å². The lowest BCUT2D eigenvalue weighted by molar-refractivity contribution is -0.384. The van der Waals surface area contributed by atoms with Crippen LogP contribution in [0.1, 0.15) is 17.3 Å². The molecule has 1 N–H and O–H groups in total. The molecule has 2 heterocycles. The van der Waals surface area contributed by atoms with Gasteiger partial charge in [0.1, 0.15) is 11.6 Å². The van der Waals surface area contributed by atoms with Gasteiger partial charge in [-0.1, -0.05) is 30.3 Å². The number of nitrogens with one attached hydrogen (secondary N) is 1. The predicted molar refractivity (Wildman–Crippen MR) is 89.6 cm³/mol. The van der Waals surface area contributed by atoms with Gasteiger partial charge in [0, 0.05) is 11.6 Å². The number of hydrogen-bond acceptors (Lipinski definition) is 6. The highest BCUT2D eigenvalue weighted by Crippen LogP contribution is 2.29. The first kappa shape index (κ1) is 15.7. The fraction of sp³-hybridized carbons (Fsp3) is 0.176. The number of nitrogens with zero attached hydrogens (tertiary/aromatic N) is 3.